The van der Waals surface area contributed by atoms with Crippen LogP contribution in [0, 0.1) is 5.82 Å². The molecule has 2 aromatic carbocycles. The van der Waals surface area contributed by atoms with E-state index in [4.69, 9.17) is 4.74 Å². The minimum Gasteiger partial charge on any atom is -0.378 e. The molecule has 0 amide bonds. The molecule has 0 saturated carbocycles. The Kier molecular flexibility index (Phi) is 4.10. The summed E-state index contributed by atoms with van der Waals surface area (Å²) in [4.78, 5) is 4.41. The van der Waals surface area contributed by atoms with Crippen molar-refractivity contribution in [1.82, 2.24) is 15.1 Å². The fourth-order valence-electron chi connectivity index (χ4n) is 4.35. The Labute approximate surface area is 157 Å². The van der Waals surface area contributed by atoms with Crippen LogP contribution in [0.5, 0.6) is 0 Å². The lowest BCUT2D eigenvalue weighted by molar-refractivity contribution is 0.122. The normalized spacial score (nSPS) is 20.8. The molecule has 6 heteroatoms. The number of aromatic amines is 1. The van der Waals surface area contributed by atoms with Gasteiger partial charge < -0.3 is 14.5 Å². The molecule has 5 nitrogen and oxygen atoms in total. The number of hydrogen-bond acceptors (Lipinski definition) is 4. The van der Waals surface area contributed by atoms with Gasteiger partial charge in [0, 0.05) is 37.5 Å². The SMILES string of the molecule is CN1Cc2cc(N3CCOCC3)c(F)cc2C(c2ccc3cn[nH]c3c2)C1. The van der Waals surface area contributed by atoms with Gasteiger partial charge in [0.05, 0.1) is 30.6 Å². The van der Waals surface area contributed by atoms with Crippen molar-refractivity contribution in [3.05, 3.63) is 59.0 Å². The van der Waals surface area contributed by atoms with Gasteiger partial charge in [-0.05, 0) is 41.9 Å². The zero-order chi connectivity index (χ0) is 18.4. The van der Waals surface area contributed by atoms with E-state index in [0.717, 1.165) is 42.6 Å². The van der Waals surface area contributed by atoms with Crippen molar-refractivity contribution in [2.24, 2.45) is 0 Å². The van der Waals surface area contributed by atoms with Crippen molar-refractivity contribution >= 4 is 16.6 Å². The van der Waals surface area contributed by atoms with E-state index in [1.165, 1.54) is 11.1 Å². The summed E-state index contributed by atoms with van der Waals surface area (Å²) in [6.45, 7) is 4.52. The Bertz CT molecular complexity index is 979. The van der Waals surface area contributed by atoms with Gasteiger partial charge in [0.15, 0.2) is 0 Å². The van der Waals surface area contributed by atoms with Crippen LogP contribution in [0.4, 0.5) is 10.1 Å². The number of nitrogens with zero attached hydrogens (tertiary/aromatic N) is 3. The van der Waals surface area contributed by atoms with Gasteiger partial charge in [-0.2, -0.15) is 5.10 Å². The molecule has 27 heavy (non-hydrogen) atoms. The lowest BCUT2D eigenvalue weighted by Gasteiger charge is -2.35. The average molecular weight is 366 g/mol. The second-order valence-corrected chi connectivity index (χ2v) is 7.57. The van der Waals surface area contributed by atoms with E-state index < -0.39 is 0 Å². The summed E-state index contributed by atoms with van der Waals surface area (Å²) in [6.07, 6.45) is 1.83. The summed E-state index contributed by atoms with van der Waals surface area (Å²) in [5.74, 6) is 0.0208. The third kappa shape index (κ3) is 2.99. The Morgan fingerprint density at radius 3 is 2.89 bits per heavy atom. The third-order valence-corrected chi connectivity index (χ3v) is 5.74. The highest BCUT2D eigenvalue weighted by Gasteiger charge is 2.28. The number of halogens is 1. The predicted octanol–water partition coefficient (Wildman–Crippen LogP) is 3.12. The van der Waals surface area contributed by atoms with Gasteiger partial charge in [0.2, 0.25) is 0 Å². The van der Waals surface area contributed by atoms with E-state index in [9.17, 15) is 0 Å². The van der Waals surface area contributed by atoms with E-state index >= 15 is 4.39 Å². The largest absolute Gasteiger partial charge is 0.378 e. The van der Waals surface area contributed by atoms with Crippen molar-refractivity contribution in [1.29, 1.82) is 0 Å². The molecular formula is C21H23FN4O. The Hall–Kier alpha value is -2.44. The lowest BCUT2D eigenvalue weighted by Crippen LogP contribution is -2.37. The highest BCUT2D eigenvalue weighted by atomic mass is 19.1. The maximum Gasteiger partial charge on any atom is 0.146 e. The van der Waals surface area contributed by atoms with Crippen molar-refractivity contribution in [3.63, 3.8) is 0 Å². The van der Waals surface area contributed by atoms with E-state index in [-0.39, 0.29) is 11.7 Å². The first-order chi connectivity index (χ1) is 13.2. The van der Waals surface area contributed by atoms with Crippen LogP contribution in [0.1, 0.15) is 22.6 Å². The second kappa shape index (κ2) is 6.62. The quantitative estimate of drug-likeness (QED) is 0.757. The molecule has 1 aromatic heterocycles. The second-order valence-electron chi connectivity index (χ2n) is 7.57. The molecule has 0 spiro atoms. The monoisotopic (exact) mass is 366 g/mol. The molecular weight excluding hydrogens is 343 g/mol. The lowest BCUT2D eigenvalue weighted by atomic mass is 9.84. The number of hydrogen-bond donors (Lipinski definition) is 1. The topological polar surface area (TPSA) is 44.4 Å². The van der Waals surface area contributed by atoms with Gasteiger partial charge in [-0.3, -0.25) is 5.10 Å². The van der Waals surface area contributed by atoms with Crippen LogP contribution in [0.2, 0.25) is 0 Å². The fraction of sp³-hybridized carbons (Fsp3) is 0.381. The van der Waals surface area contributed by atoms with Crippen molar-refractivity contribution in [2.75, 3.05) is 44.8 Å². The molecule has 3 heterocycles. The number of likely N-dealkylation sites (N-methyl/N-ethyl adjacent to an activating group) is 1. The summed E-state index contributed by atoms with van der Waals surface area (Å²) < 4.78 is 20.5. The number of aromatic nitrogens is 2. The molecule has 1 unspecified atom stereocenters. The Morgan fingerprint density at radius 2 is 2.04 bits per heavy atom. The molecule has 1 N–H and O–H groups in total. The number of anilines is 1. The van der Waals surface area contributed by atoms with E-state index in [0.29, 0.717) is 18.9 Å². The number of ether oxygens (including phenoxy) is 1. The number of fused-ring (bicyclic) bond motifs is 2. The standard InChI is InChI=1S/C21H23FN4O/c1-25-12-16-9-21(26-4-6-27-7-5-26)19(22)10-17(16)18(13-25)14-2-3-15-11-23-24-20(15)8-14/h2-3,8-11,18H,4-7,12-13H2,1H3,(H,23,24). The van der Waals surface area contributed by atoms with Crippen molar-refractivity contribution < 1.29 is 9.13 Å². The van der Waals surface area contributed by atoms with Gasteiger partial charge in [0.1, 0.15) is 5.82 Å². The molecule has 1 saturated heterocycles. The first-order valence-electron chi connectivity index (χ1n) is 9.45. The summed E-state index contributed by atoms with van der Waals surface area (Å²) >= 11 is 0. The first kappa shape index (κ1) is 16.7. The van der Waals surface area contributed by atoms with Crippen molar-refractivity contribution in [3.8, 4) is 0 Å². The highest BCUT2D eigenvalue weighted by Crippen LogP contribution is 2.37. The van der Waals surface area contributed by atoms with Crippen LogP contribution in [0.3, 0.4) is 0 Å². The van der Waals surface area contributed by atoms with Crippen LogP contribution >= 0.6 is 0 Å². The minimum absolute atomic E-state index is 0.132. The number of morpholine rings is 1. The van der Waals surface area contributed by atoms with Gasteiger partial charge in [-0.25, -0.2) is 4.39 Å². The number of rotatable bonds is 2. The summed E-state index contributed by atoms with van der Waals surface area (Å²) in [5.41, 5.74) is 5.23. The van der Waals surface area contributed by atoms with Crippen LogP contribution in [-0.4, -0.2) is 55.0 Å². The number of H-pyrrole nitrogens is 1. The van der Waals surface area contributed by atoms with Crippen LogP contribution in [0.15, 0.2) is 36.5 Å². The molecule has 1 atom stereocenters. The smallest absolute Gasteiger partial charge is 0.146 e. The molecule has 3 aromatic rings. The average Bonchev–Trinajstić information content (AvgIpc) is 3.16. The maximum absolute atomic E-state index is 15.0. The summed E-state index contributed by atoms with van der Waals surface area (Å²) in [6, 6.07) is 10.2. The predicted molar refractivity (Wildman–Crippen MR) is 104 cm³/mol. The third-order valence-electron chi connectivity index (χ3n) is 5.74. The van der Waals surface area contributed by atoms with Gasteiger partial charge in [-0.15, -0.1) is 0 Å². The molecule has 0 aliphatic carbocycles. The molecule has 1 fully saturated rings. The van der Waals surface area contributed by atoms with E-state index in [1.807, 2.05) is 12.3 Å². The first-order valence-corrected chi connectivity index (χ1v) is 9.45. The summed E-state index contributed by atoms with van der Waals surface area (Å²) in [7, 11) is 2.13. The fourth-order valence-corrected chi connectivity index (χ4v) is 4.35. The van der Waals surface area contributed by atoms with Gasteiger partial charge >= 0.3 is 0 Å². The molecule has 5 rings (SSSR count). The zero-order valence-corrected chi connectivity index (χ0v) is 15.4. The van der Waals surface area contributed by atoms with Gasteiger partial charge in [0.25, 0.3) is 0 Å². The van der Waals surface area contributed by atoms with E-state index in [2.05, 4.69) is 45.2 Å². The molecule has 0 radical (unpaired) electrons. The van der Waals surface area contributed by atoms with Crippen LogP contribution in [-0.2, 0) is 11.3 Å². The molecule has 2 aliphatic rings. The molecule has 0 bridgehead atoms. The highest BCUT2D eigenvalue weighted by molar-refractivity contribution is 5.78. The Balaban J connectivity index is 1.57. The molecule has 2 aliphatic heterocycles. The minimum atomic E-state index is -0.132. The molecule has 140 valence electrons. The number of nitrogens with one attached hydrogen (secondary N) is 1. The Morgan fingerprint density at radius 1 is 1.19 bits per heavy atom. The maximum atomic E-state index is 15.0. The van der Waals surface area contributed by atoms with E-state index in [1.54, 1.807) is 6.07 Å². The number of benzene rings is 2. The van der Waals surface area contributed by atoms with Crippen LogP contribution in [0.25, 0.3) is 10.9 Å². The van der Waals surface area contributed by atoms with Crippen molar-refractivity contribution in [2.45, 2.75) is 12.5 Å². The summed E-state index contributed by atoms with van der Waals surface area (Å²) in [5, 5.41) is 8.25. The zero-order valence-electron chi connectivity index (χ0n) is 15.4. The van der Waals surface area contributed by atoms with Gasteiger partial charge in [-0.1, -0.05) is 12.1 Å². The van der Waals surface area contributed by atoms with Crippen LogP contribution < -0.4 is 4.90 Å².